The molecule has 0 aromatic heterocycles. The van der Waals surface area contributed by atoms with Crippen LogP contribution in [0.25, 0.3) is 10.8 Å². The normalized spacial score (nSPS) is 27.0. The van der Waals surface area contributed by atoms with Crippen LogP contribution in [0.4, 0.5) is 0 Å². The van der Waals surface area contributed by atoms with Gasteiger partial charge in [-0.3, -0.25) is 4.79 Å². The van der Waals surface area contributed by atoms with Crippen LogP contribution in [0.3, 0.4) is 0 Å². The molecule has 0 aliphatic carbocycles. The van der Waals surface area contributed by atoms with Crippen LogP contribution in [0.5, 0.6) is 5.75 Å². The van der Waals surface area contributed by atoms with E-state index in [1.165, 1.54) is 12.8 Å². The average molecular weight is 312 g/mol. The lowest BCUT2D eigenvalue weighted by molar-refractivity contribution is 0.0908. The molecule has 0 saturated carbocycles. The third kappa shape index (κ3) is 2.32. The molecule has 2 atom stereocenters. The molecule has 2 aromatic rings. The van der Waals surface area contributed by atoms with Crippen molar-refractivity contribution in [2.24, 2.45) is 5.92 Å². The van der Waals surface area contributed by atoms with Crippen molar-refractivity contribution in [2.75, 3.05) is 7.11 Å². The third-order valence-corrected chi connectivity index (χ3v) is 6.66. The molecule has 0 spiro atoms. The molecule has 2 aromatic carbocycles. The molecule has 2 aliphatic heterocycles. The summed E-state index contributed by atoms with van der Waals surface area (Å²) in [4.78, 5) is 13.1. The van der Waals surface area contributed by atoms with E-state index in [4.69, 9.17) is 4.74 Å². The molecule has 22 heavy (non-hydrogen) atoms. The smallest absolute Gasteiger partial charge is 0.166 e. The summed E-state index contributed by atoms with van der Waals surface area (Å²) in [5.74, 6) is 1.37. The van der Waals surface area contributed by atoms with E-state index in [1.807, 2.05) is 36.4 Å². The zero-order valence-corrected chi connectivity index (χ0v) is 13.6. The summed E-state index contributed by atoms with van der Waals surface area (Å²) in [5, 5.41) is 3.47. The van der Waals surface area contributed by atoms with Gasteiger partial charge < -0.3 is 4.74 Å². The van der Waals surface area contributed by atoms with Crippen LogP contribution >= 0.6 is 11.8 Å². The Morgan fingerprint density at radius 1 is 1.05 bits per heavy atom. The second-order valence-electron chi connectivity index (χ2n) is 6.35. The predicted octanol–water partition coefficient (Wildman–Crippen LogP) is 4.71. The van der Waals surface area contributed by atoms with Gasteiger partial charge in [-0.05, 0) is 43.2 Å². The number of ketones is 1. The van der Waals surface area contributed by atoms with Gasteiger partial charge in [0, 0.05) is 27.4 Å². The number of carbonyl (C=O) groups excluding carboxylic acids is 1. The number of fused-ring (bicyclic) bond motifs is 3. The number of ether oxygens (including phenoxy) is 1. The van der Waals surface area contributed by atoms with Gasteiger partial charge in [-0.1, -0.05) is 24.3 Å². The molecule has 0 N–H and O–H groups in total. The zero-order chi connectivity index (χ0) is 15.1. The summed E-state index contributed by atoms with van der Waals surface area (Å²) in [7, 11) is 1.68. The van der Waals surface area contributed by atoms with Crippen molar-refractivity contribution >= 4 is 28.3 Å². The maximum absolute atomic E-state index is 13.1. The van der Waals surface area contributed by atoms with E-state index < -0.39 is 0 Å². The molecule has 0 radical (unpaired) electrons. The number of benzene rings is 2. The molecule has 2 fully saturated rings. The van der Waals surface area contributed by atoms with E-state index >= 15 is 0 Å². The maximum atomic E-state index is 13.1. The third-order valence-electron chi connectivity index (χ3n) is 5.03. The Hall–Kier alpha value is -1.48. The Balaban J connectivity index is 1.73. The second-order valence-corrected chi connectivity index (χ2v) is 7.96. The largest absolute Gasteiger partial charge is 0.496 e. The first-order valence-corrected chi connectivity index (χ1v) is 8.96. The predicted molar refractivity (Wildman–Crippen MR) is 92.0 cm³/mol. The molecular formula is C19H20O2S. The summed E-state index contributed by atoms with van der Waals surface area (Å²) in [6.45, 7) is 0. The Kier molecular flexibility index (Phi) is 3.61. The van der Waals surface area contributed by atoms with Crippen molar-refractivity contribution in [1.29, 1.82) is 0 Å². The Morgan fingerprint density at radius 3 is 2.41 bits per heavy atom. The second kappa shape index (κ2) is 5.62. The van der Waals surface area contributed by atoms with E-state index in [9.17, 15) is 4.79 Å². The van der Waals surface area contributed by atoms with Crippen LogP contribution in [0, 0.1) is 5.92 Å². The molecule has 2 unspecified atom stereocenters. The number of hydrogen-bond donors (Lipinski definition) is 0. The molecule has 2 heterocycles. The molecule has 4 rings (SSSR count). The fraction of sp³-hybridized carbons (Fsp3) is 0.421. The number of thioether (sulfide) groups is 1. The molecule has 2 aliphatic rings. The summed E-state index contributed by atoms with van der Waals surface area (Å²) >= 11 is 2.11. The highest BCUT2D eigenvalue weighted by Crippen LogP contribution is 2.47. The van der Waals surface area contributed by atoms with Gasteiger partial charge in [-0.25, -0.2) is 0 Å². The topological polar surface area (TPSA) is 26.3 Å². The van der Waals surface area contributed by atoms with Gasteiger partial charge in [0.2, 0.25) is 0 Å². The number of rotatable bonds is 3. The first-order chi connectivity index (χ1) is 10.8. The lowest BCUT2D eigenvalue weighted by atomic mass is 9.88. The minimum absolute atomic E-state index is 0.204. The first kappa shape index (κ1) is 14.1. The van der Waals surface area contributed by atoms with Gasteiger partial charge in [0.25, 0.3) is 0 Å². The SMILES string of the molecule is COc1ccc(C(=O)C2CC3CCC(C2)S3)c2ccccc12. The lowest BCUT2D eigenvalue weighted by Gasteiger charge is -2.26. The van der Waals surface area contributed by atoms with Gasteiger partial charge in [0.1, 0.15) is 5.75 Å². The number of Topliss-reactive ketones (excluding diaryl/α,β-unsaturated/α-hetero) is 1. The molecular weight excluding hydrogens is 292 g/mol. The average Bonchev–Trinajstić information content (AvgIpc) is 2.91. The Morgan fingerprint density at radius 2 is 1.73 bits per heavy atom. The van der Waals surface area contributed by atoms with Crippen LogP contribution in [0.15, 0.2) is 36.4 Å². The van der Waals surface area contributed by atoms with Crippen LogP contribution in [0.2, 0.25) is 0 Å². The van der Waals surface area contributed by atoms with E-state index in [2.05, 4.69) is 11.8 Å². The first-order valence-electron chi connectivity index (χ1n) is 8.01. The molecule has 114 valence electrons. The van der Waals surface area contributed by atoms with Gasteiger partial charge >= 0.3 is 0 Å². The Labute approximate surface area is 135 Å². The maximum Gasteiger partial charge on any atom is 0.166 e. The Bertz CT molecular complexity index is 712. The quantitative estimate of drug-likeness (QED) is 0.768. The van der Waals surface area contributed by atoms with E-state index in [1.54, 1.807) is 7.11 Å². The van der Waals surface area contributed by atoms with Crippen LogP contribution in [-0.4, -0.2) is 23.4 Å². The molecule has 2 saturated heterocycles. The standard InChI is InChI=1S/C19H20O2S/c1-21-18-9-8-17(15-4-2-3-5-16(15)18)19(20)12-10-13-6-7-14(11-12)22-13/h2-5,8-9,12-14H,6-7,10-11H2,1H3. The highest BCUT2D eigenvalue weighted by atomic mass is 32.2. The van der Waals surface area contributed by atoms with Crippen LogP contribution in [-0.2, 0) is 0 Å². The van der Waals surface area contributed by atoms with Crippen molar-refractivity contribution in [3.8, 4) is 5.75 Å². The van der Waals surface area contributed by atoms with Gasteiger partial charge in [0.15, 0.2) is 5.78 Å². The van der Waals surface area contributed by atoms with Crippen molar-refractivity contribution < 1.29 is 9.53 Å². The molecule has 2 bridgehead atoms. The number of hydrogen-bond acceptors (Lipinski definition) is 3. The van der Waals surface area contributed by atoms with Crippen LogP contribution in [0.1, 0.15) is 36.0 Å². The van der Waals surface area contributed by atoms with E-state index in [0.29, 0.717) is 16.3 Å². The molecule has 0 amide bonds. The van der Waals surface area contributed by atoms with E-state index in [0.717, 1.165) is 34.9 Å². The fourth-order valence-corrected chi connectivity index (χ4v) is 5.73. The number of carbonyl (C=O) groups is 1. The number of methoxy groups -OCH3 is 1. The van der Waals surface area contributed by atoms with Gasteiger partial charge in [-0.2, -0.15) is 11.8 Å². The van der Waals surface area contributed by atoms with Crippen molar-refractivity contribution in [3.63, 3.8) is 0 Å². The minimum Gasteiger partial charge on any atom is -0.496 e. The fourth-order valence-electron chi connectivity index (χ4n) is 3.96. The minimum atomic E-state index is 0.204. The monoisotopic (exact) mass is 312 g/mol. The zero-order valence-electron chi connectivity index (χ0n) is 12.7. The van der Waals surface area contributed by atoms with Crippen molar-refractivity contribution in [1.82, 2.24) is 0 Å². The summed E-state index contributed by atoms with van der Waals surface area (Å²) in [6.07, 6.45) is 4.70. The van der Waals surface area contributed by atoms with Crippen LogP contribution < -0.4 is 4.74 Å². The molecule has 2 nitrogen and oxygen atoms in total. The van der Waals surface area contributed by atoms with Gasteiger partial charge in [0.05, 0.1) is 7.11 Å². The summed E-state index contributed by atoms with van der Waals surface area (Å²) in [5.41, 5.74) is 0.868. The highest BCUT2D eigenvalue weighted by molar-refractivity contribution is 8.00. The highest BCUT2D eigenvalue weighted by Gasteiger charge is 2.38. The summed E-state index contributed by atoms with van der Waals surface area (Å²) in [6, 6.07) is 12.0. The van der Waals surface area contributed by atoms with Crippen molar-refractivity contribution in [2.45, 2.75) is 36.2 Å². The van der Waals surface area contributed by atoms with Crippen molar-refractivity contribution in [3.05, 3.63) is 42.0 Å². The van der Waals surface area contributed by atoms with Gasteiger partial charge in [-0.15, -0.1) is 0 Å². The lowest BCUT2D eigenvalue weighted by Crippen LogP contribution is -2.25. The van der Waals surface area contributed by atoms with E-state index in [-0.39, 0.29) is 5.92 Å². The summed E-state index contributed by atoms with van der Waals surface area (Å²) < 4.78 is 5.44. The molecule has 3 heteroatoms.